The zero-order chi connectivity index (χ0) is 10.5. The van der Waals surface area contributed by atoms with Gasteiger partial charge in [0.15, 0.2) is 0 Å². The summed E-state index contributed by atoms with van der Waals surface area (Å²) >= 11 is 0. The van der Waals surface area contributed by atoms with E-state index in [4.69, 9.17) is 5.73 Å². The summed E-state index contributed by atoms with van der Waals surface area (Å²) in [6.45, 7) is 0.784. The number of rotatable bonds is 4. The minimum atomic E-state index is 0.784. The van der Waals surface area contributed by atoms with Crippen molar-refractivity contribution >= 4 is 10.8 Å². The summed E-state index contributed by atoms with van der Waals surface area (Å²) in [4.78, 5) is 4.13. The molecule has 0 aliphatic carbocycles. The van der Waals surface area contributed by atoms with Crippen molar-refractivity contribution in [2.45, 2.75) is 19.3 Å². The molecular formula is C13H16N2. The van der Waals surface area contributed by atoms with E-state index in [1.165, 1.54) is 16.3 Å². The number of nitrogens with zero attached hydrogens (tertiary/aromatic N) is 1. The number of hydrogen-bond acceptors (Lipinski definition) is 2. The molecule has 0 saturated heterocycles. The molecule has 2 N–H and O–H groups in total. The van der Waals surface area contributed by atoms with Crippen molar-refractivity contribution in [3.05, 3.63) is 42.2 Å². The van der Waals surface area contributed by atoms with Gasteiger partial charge < -0.3 is 5.73 Å². The van der Waals surface area contributed by atoms with Crippen molar-refractivity contribution in [1.82, 2.24) is 4.98 Å². The summed E-state index contributed by atoms with van der Waals surface area (Å²) in [6.07, 6.45) is 7.15. The summed E-state index contributed by atoms with van der Waals surface area (Å²) in [7, 11) is 0. The maximum atomic E-state index is 5.50. The highest BCUT2D eigenvalue weighted by Crippen LogP contribution is 2.18. The molecule has 2 nitrogen and oxygen atoms in total. The number of unbranched alkanes of at least 4 members (excludes halogenated alkanes) is 1. The average Bonchev–Trinajstić information content (AvgIpc) is 2.30. The van der Waals surface area contributed by atoms with Crippen LogP contribution in [0, 0.1) is 0 Å². The largest absolute Gasteiger partial charge is 0.330 e. The van der Waals surface area contributed by atoms with Gasteiger partial charge in [0.25, 0.3) is 0 Å². The van der Waals surface area contributed by atoms with Gasteiger partial charge in [0.05, 0.1) is 0 Å². The minimum Gasteiger partial charge on any atom is -0.330 e. The smallest absolute Gasteiger partial charge is 0.0346 e. The Kier molecular flexibility index (Phi) is 3.30. The Hall–Kier alpha value is -1.41. The van der Waals surface area contributed by atoms with Gasteiger partial charge in [-0.25, -0.2) is 0 Å². The van der Waals surface area contributed by atoms with Crippen LogP contribution in [0.3, 0.4) is 0 Å². The monoisotopic (exact) mass is 200 g/mol. The molecule has 0 aliphatic rings. The number of hydrogen-bond donors (Lipinski definition) is 1. The van der Waals surface area contributed by atoms with E-state index in [1.807, 2.05) is 12.4 Å². The van der Waals surface area contributed by atoms with Gasteiger partial charge in [-0.2, -0.15) is 0 Å². The average molecular weight is 200 g/mol. The first-order valence-corrected chi connectivity index (χ1v) is 5.43. The van der Waals surface area contributed by atoms with E-state index in [-0.39, 0.29) is 0 Å². The Labute approximate surface area is 90.1 Å². The number of aromatic nitrogens is 1. The quantitative estimate of drug-likeness (QED) is 0.770. The first kappa shape index (κ1) is 10.1. The second-order valence-corrected chi connectivity index (χ2v) is 3.76. The van der Waals surface area contributed by atoms with Crippen LogP contribution in [0.2, 0.25) is 0 Å². The molecule has 2 rings (SSSR count). The van der Waals surface area contributed by atoms with Gasteiger partial charge in [-0.15, -0.1) is 0 Å². The molecular weight excluding hydrogens is 184 g/mol. The number of fused-ring (bicyclic) bond motifs is 1. The fourth-order valence-electron chi connectivity index (χ4n) is 1.87. The molecule has 0 radical (unpaired) electrons. The Morgan fingerprint density at radius 2 is 2.07 bits per heavy atom. The Bertz CT molecular complexity index is 432. The summed E-state index contributed by atoms with van der Waals surface area (Å²) in [5, 5.41) is 2.55. The molecule has 0 saturated carbocycles. The third-order valence-electron chi connectivity index (χ3n) is 2.67. The summed E-state index contributed by atoms with van der Waals surface area (Å²) in [6, 6.07) is 8.49. The molecule has 2 heteroatoms. The highest BCUT2D eigenvalue weighted by atomic mass is 14.6. The van der Waals surface area contributed by atoms with Crippen LogP contribution in [-0.2, 0) is 6.42 Å². The van der Waals surface area contributed by atoms with E-state index in [9.17, 15) is 0 Å². The minimum absolute atomic E-state index is 0.784. The zero-order valence-electron chi connectivity index (χ0n) is 8.82. The molecule has 0 atom stereocenters. The Balaban J connectivity index is 2.26. The van der Waals surface area contributed by atoms with E-state index in [0.29, 0.717) is 0 Å². The van der Waals surface area contributed by atoms with Crippen molar-refractivity contribution in [3.8, 4) is 0 Å². The molecule has 0 fully saturated rings. The standard InChI is InChI=1S/C13H16N2/c14-8-2-1-4-11-5-3-6-12-10-15-9-7-13(11)12/h3,5-7,9-10H,1-2,4,8,14H2. The molecule has 0 aliphatic heterocycles. The van der Waals surface area contributed by atoms with Crippen molar-refractivity contribution in [1.29, 1.82) is 0 Å². The second-order valence-electron chi connectivity index (χ2n) is 3.76. The molecule has 1 heterocycles. The molecule has 78 valence electrons. The van der Waals surface area contributed by atoms with E-state index in [2.05, 4.69) is 29.2 Å². The zero-order valence-corrected chi connectivity index (χ0v) is 8.82. The first-order valence-electron chi connectivity index (χ1n) is 5.43. The van der Waals surface area contributed by atoms with E-state index in [0.717, 1.165) is 25.8 Å². The molecule has 0 bridgehead atoms. The molecule has 1 aromatic carbocycles. The maximum absolute atomic E-state index is 5.50. The van der Waals surface area contributed by atoms with Crippen LogP contribution in [0.25, 0.3) is 10.8 Å². The summed E-state index contributed by atoms with van der Waals surface area (Å²) in [5.41, 5.74) is 6.90. The molecule has 0 spiro atoms. The van der Waals surface area contributed by atoms with Crippen molar-refractivity contribution in [2.24, 2.45) is 5.73 Å². The van der Waals surface area contributed by atoms with Crippen LogP contribution in [0.5, 0.6) is 0 Å². The molecule has 2 aromatic rings. The highest BCUT2D eigenvalue weighted by molar-refractivity contribution is 5.84. The predicted molar refractivity (Wildman–Crippen MR) is 63.7 cm³/mol. The second kappa shape index (κ2) is 4.89. The first-order chi connectivity index (χ1) is 7.42. The van der Waals surface area contributed by atoms with Crippen LogP contribution in [0.1, 0.15) is 18.4 Å². The molecule has 1 aromatic heterocycles. The van der Waals surface area contributed by atoms with Crippen molar-refractivity contribution in [2.75, 3.05) is 6.54 Å². The van der Waals surface area contributed by atoms with Gasteiger partial charge >= 0.3 is 0 Å². The van der Waals surface area contributed by atoms with E-state index in [1.54, 1.807) is 0 Å². The third-order valence-corrected chi connectivity index (χ3v) is 2.67. The number of benzene rings is 1. The number of pyridine rings is 1. The van der Waals surface area contributed by atoms with Crippen molar-refractivity contribution < 1.29 is 0 Å². The summed E-state index contributed by atoms with van der Waals surface area (Å²) < 4.78 is 0. The lowest BCUT2D eigenvalue weighted by Gasteiger charge is -2.05. The van der Waals surface area contributed by atoms with Gasteiger partial charge in [0, 0.05) is 17.8 Å². The van der Waals surface area contributed by atoms with Gasteiger partial charge in [0.2, 0.25) is 0 Å². The predicted octanol–water partition coefficient (Wildman–Crippen LogP) is 2.52. The Morgan fingerprint density at radius 3 is 2.93 bits per heavy atom. The van der Waals surface area contributed by atoms with Crippen LogP contribution < -0.4 is 5.73 Å². The van der Waals surface area contributed by atoms with E-state index >= 15 is 0 Å². The van der Waals surface area contributed by atoms with Crippen LogP contribution in [-0.4, -0.2) is 11.5 Å². The van der Waals surface area contributed by atoms with Crippen molar-refractivity contribution in [3.63, 3.8) is 0 Å². The molecule has 0 unspecified atom stereocenters. The molecule has 0 amide bonds. The molecule has 15 heavy (non-hydrogen) atoms. The van der Waals surface area contributed by atoms with E-state index < -0.39 is 0 Å². The highest BCUT2D eigenvalue weighted by Gasteiger charge is 1.99. The number of aryl methyl sites for hydroxylation is 1. The fourth-order valence-corrected chi connectivity index (χ4v) is 1.87. The van der Waals surface area contributed by atoms with Crippen LogP contribution in [0.15, 0.2) is 36.7 Å². The van der Waals surface area contributed by atoms with Crippen LogP contribution in [0.4, 0.5) is 0 Å². The maximum Gasteiger partial charge on any atom is 0.0346 e. The summed E-state index contributed by atoms with van der Waals surface area (Å²) in [5.74, 6) is 0. The Morgan fingerprint density at radius 1 is 1.13 bits per heavy atom. The SMILES string of the molecule is NCCCCc1cccc2cnccc12. The van der Waals surface area contributed by atoms with Crippen LogP contribution >= 0.6 is 0 Å². The number of nitrogens with two attached hydrogens (primary N) is 1. The fraction of sp³-hybridized carbons (Fsp3) is 0.308. The lowest BCUT2D eigenvalue weighted by Crippen LogP contribution is -1.99. The van der Waals surface area contributed by atoms with Gasteiger partial charge in [-0.05, 0) is 42.8 Å². The topological polar surface area (TPSA) is 38.9 Å². The lowest BCUT2D eigenvalue weighted by atomic mass is 10.0. The third kappa shape index (κ3) is 2.34. The van der Waals surface area contributed by atoms with Gasteiger partial charge in [-0.3, -0.25) is 4.98 Å². The normalized spacial score (nSPS) is 10.7. The van der Waals surface area contributed by atoms with Gasteiger partial charge in [0.1, 0.15) is 0 Å². The van der Waals surface area contributed by atoms with Gasteiger partial charge in [-0.1, -0.05) is 18.2 Å². The lowest BCUT2D eigenvalue weighted by molar-refractivity contribution is 0.747.